The van der Waals surface area contributed by atoms with Crippen molar-refractivity contribution in [1.29, 1.82) is 0 Å². The van der Waals surface area contributed by atoms with Crippen molar-refractivity contribution in [2.24, 2.45) is 5.41 Å². The number of aromatic nitrogens is 3. The summed E-state index contributed by atoms with van der Waals surface area (Å²) in [5, 5.41) is 3.25. The van der Waals surface area contributed by atoms with E-state index in [4.69, 9.17) is 15.5 Å². The van der Waals surface area contributed by atoms with E-state index in [9.17, 15) is 8.42 Å². The molecule has 3 aromatic rings. The summed E-state index contributed by atoms with van der Waals surface area (Å²) in [5.74, 6) is 1.79. The Labute approximate surface area is 235 Å². The maximum Gasteiger partial charge on any atom is 0.244 e. The molecule has 1 fully saturated rings. The third-order valence-corrected chi connectivity index (χ3v) is 9.76. The minimum Gasteiger partial charge on any atom is -0.491 e. The van der Waals surface area contributed by atoms with Crippen molar-refractivity contribution in [2.45, 2.75) is 63.4 Å². The second-order valence-electron chi connectivity index (χ2n) is 11.8. The predicted molar refractivity (Wildman–Crippen MR) is 155 cm³/mol. The molecule has 10 nitrogen and oxygen atoms in total. The summed E-state index contributed by atoms with van der Waals surface area (Å²) >= 11 is 0. The van der Waals surface area contributed by atoms with Gasteiger partial charge in [0, 0.05) is 41.2 Å². The van der Waals surface area contributed by atoms with Crippen LogP contribution in [0.2, 0.25) is 0 Å². The van der Waals surface area contributed by atoms with Gasteiger partial charge in [0.05, 0.1) is 6.54 Å². The lowest BCUT2D eigenvalue weighted by molar-refractivity contribution is 0.310. The Morgan fingerprint density at radius 1 is 1.12 bits per heavy atom. The van der Waals surface area contributed by atoms with Gasteiger partial charge in [-0.1, -0.05) is 19.9 Å². The number of sulfonamides is 1. The molecule has 1 aromatic carbocycles. The Balaban J connectivity index is 1.30. The van der Waals surface area contributed by atoms with Crippen LogP contribution in [0.4, 0.5) is 11.6 Å². The van der Waals surface area contributed by atoms with Gasteiger partial charge in [0.25, 0.3) is 0 Å². The van der Waals surface area contributed by atoms with Gasteiger partial charge in [-0.2, -0.15) is 0 Å². The fourth-order valence-corrected chi connectivity index (χ4v) is 7.35. The first-order valence-corrected chi connectivity index (χ1v) is 15.5. The molecular weight excluding hydrogens is 526 g/mol. The molecule has 6 rings (SSSR count). The van der Waals surface area contributed by atoms with Crippen LogP contribution < -0.4 is 25.4 Å². The summed E-state index contributed by atoms with van der Waals surface area (Å²) in [7, 11) is -3.82. The van der Waals surface area contributed by atoms with Crippen LogP contribution in [0.5, 0.6) is 5.75 Å². The Kier molecular flexibility index (Phi) is 7.14. The highest BCUT2D eigenvalue weighted by Gasteiger charge is 2.31. The highest BCUT2D eigenvalue weighted by molar-refractivity contribution is 7.89. The molecule has 2 aliphatic heterocycles. The van der Waals surface area contributed by atoms with Crippen LogP contribution in [0.1, 0.15) is 49.9 Å². The van der Waals surface area contributed by atoms with E-state index in [1.54, 1.807) is 18.6 Å². The molecule has 2 aromatic heterocycles. The van der Waals surface area contributed by atoms with Gasteiger partial charge in [-0.3, -0.25) is 0 Å². The Morgan fingerprint density at radius 2 is 1.95 bits per heavy atom. The van der Waals surface area contributed by atoms with Crippen molar-refractivity contribution >= 4 is 21.7 Å². The largest absolute Gasteiger partial charge is 0.491 e. The minimum absolute atomic E-state index is 0.00609. The maximum absolute atomic E-state index is 13.3. The summed E-state index contributed by atoms with van der Waals surface area (Å²) < 4.78 is 35.5. The molecule has 1 saturated heterocycles. The number of fused-ring (bicyclic) bond motifs is 2. The fourth-order valence-electron chi connectivity index (χ4n) is 5.94. The van der Waals surface area contributed by atoms with Gasteiger partial charge >= 0.3 is 0 Å². The first-order chi connectivity index (χ1) is 19.2. The van der Waals surface area contributed by atoms with Gasteiger partial charge in [0.15, 0.2) is 0 Å². The molecule has 3 aliphatic rings. The number of nitrogens with two attached hydrogens (primary N) is 1. The van der Waals surface area contributed by atoms with E-state index >= 15 is 0 Å². The van der Waals surface area contributed by atoms with Gasteiger partial charge in [-0.15, -0.1) is 0 Å². The zero-order valence-electron chi connectivity index (χ0n) is 23.1. The molecule has 0 atom stereocenters. The van der Waals surface area contributed by atoms with E-state index < -0.39 is 10.0 Å². The molecule has 4 heterocycles. The summed E-state index contributed by atoms with van der Waals surface area (Å²) in [6, 6.07) is 7.43. The van der Waals surface area contributed by atoms with Crippen LogP contribution in [0, 0.1) is 5.41 Å². The van der Waals surface area contributed by atoms with E-state index in [0.29, 0.717) is 25.3 Å². The summed E-state index contributed by atoms with van der Waals surface area (Å²) in [5.41, 5.74) is 11.2. The summed E-state index contributed by atoms with van der Waals surface area (Å²) in [4.78, 5) is 15.9. The van der Waals surface area contributed by atoms with Gasteiger partial charge in [-0.05, 0) is 74.4 Å². The number of rotatable bonds is 5. The van der Waals surface area contributed by atoms with Crippen molar-refractivity contribution in [3.63, 3.8) is 0 Å². The number of nitrogens with one attached hydrogen (secondary N) is 2. The van der Waals surface area contributed by atoms with Gasteiger partial charge in [-0.25, -0.2) is 28.1 Å². The summed E-state index contributed by atoms with van der Waals surface area (Å²) in [6.45, 7) is 8.05. The van der Waals surface area contributed by atoms with Gasteiger partial charge in [0.2, 0.25) is 10.0 Å². The van der Waals surface area contributed by atoms with E-state index in [0.717, 1.165) is 73.6 Å². The normalized spacial score (nSPS) is 19.3. The lowest BCUT2D eigenvalue weighted by atomic mass is 9.76. The Hall–Kier alpha value is -3.28. The average Bonchev–Trinajstić information content (AvgIpc) is 3.14. The number of aryl methyl sites for hydroxylation is 1. The fraction of sp³-hybridized carbons (Fsp3) is 0.483. The van der Waals surface area contributed by atoms with Crippen molar-refractivity contribution in [3.8, 4) is 16.9 Å². The number of pyridine rings is 1. The Bertz CT molecular complexity index is 1520. The molecule has 40 heavy (non-hydrogen) atoms. The molecule has 0 bridgehead atoms. The van der Waals surface area contributed by atoms with E-state index in [1.165, 1.54) is 5.56 Å². The highest BCUT2D eigenvalue weighted by atomic mass is 32.2. The van der Waals surface area contributed by atoms with Crippen molar-refractivity contribution in [1.82, 2.24) is 25.0 Å². The number of ether oxygens (including phenoxy) is 1. The van der Waals surface area contributed by atoms with Crippen molar-refractivity contribution < 1.29 is 13.2 Å². The maximum atomic E-state index is 13.3. The highest BCUT2D eigenvalue weighted by Crippen LogP contribution is 2.39. The third-order valence-electron chi connectivity index (χ3n) is 8.21. The monoisotopic (exact) mass is 563 g/mol. The van der Waals surface area contributed by atoms with Crippen molar-refractivity contribution in [3.05, 3.63) is 53.6 Å². The number of nitrogen functional groups attached to an aromatic ring is 1. The third kappa shape index (κ3) is 5.50. The number of benzene rings is 1. The number of piperidine rings is 1. The number of anilines is 2. The lowest BCUT2D eigenvalue weighted by Gasteiger charge is -2.33. The predicted octanol–water partition coefficient (Wildman–Crippen LogP) is 3.07. The SMILES string of the molecule is CC1(C)CCc2ncnc(N3CCOc4ccc(-c5cnc(N)c(S(=O)(=O)NC6CCNCC6)c5)cc4C3)c2C1. The van der Waals surface area contributed by atoms with Gasteiger partial charge in [0.1, 0.15) is 35.2 Å². The first-order valence-electron chi connectivity index (χ1n) is 14.0. The van der Waals surface area contributed by atoms with E-state index in [1.807, 2.05) is 12.1 Å². The van der Waals surface area contributed by atoms with Crippen LogP contribution in [-0.2, 0) is 29.4 Å². The molecular formula is C29H37N7O3S. The average molecular weight is 564 g/mol. The van der Waals surface area contributed by atoms with E-state index in [2.05, 4.69) is 44.8 Å². The molecule has 4 N–H and O–H groups in total. The molecule has 1 aliphatic carbocycles. The first kappa shape index (κ1) is 26.9. The molecule has 0 spiro atoms. The van der Waals surface area contributed by atoms with Crippen LogP contribution in [-0.4, -0.2) is 55.7 Å². The number of nitrogens with zero attached hydrogens (tertiary/aromatic N) is 4. The quantitative estimate of drug-likeness (QED) is 0.428. The Morgan fingerprint density at radius 3 is 2.77 bits per heavy atom. The topological polar surface area (TPSA) is 135 Å². The van der Waals surface area contributed by atoms with Crippen LogP contribution >= 0.6 is 0 Å². The molecule has 0 amide bonds. The number of hydrogen-bond donors (Lipinski definition) is 3. The lowest BCUT2D eigenvalue weighted by Crippen LogP contribution is -2.42. The second kappa shape index (κ2) is 10.6. The smallest absolute Gasteiger partial charge is 0.244 e. The van der Waals surface area contributed by atoms with Crippen molar-refractivity contribution in [2.75, 3.05) is 36.9 Å². The summed E-state index contributed by atoms with van der Waals surface area (Å²) in [6.07, 6.45) is 7.80. The molecule has 212 valence electrons. The molecule has 0 saturated carbocycles. The van der Waals surface area contributed by atoms with Gasteiger partial charge < -0.3 is 20.7 Å². The minimum atomic E-state index is -3.82. The molecule has 0 unspecified atom stereocenters. The molecule has 0 radical (unpaired) electrons. The van der Waals surface area contributed by atoms with E-state index in [-0.39, 0.29) is 22.2 Å². The van der Waals surface area contributed by atoms with Crippen LogP contribution in [0.3, 0.4) is 0 Å². The standard InChI is InChI=1S/C29H37N7O3S/c1-29(2)8-5-24-23(15-29)28(34-18-33-24)36-11-12-39-25-4-3-19(13-21(25)17-36)20-14-26(27(30)32-16-20)40(37,38)35-22-6-9-31-10-7-22/h3-4,13-14,16,18,22,31,35H,5-12,15,17H2,1-2H3,(H2,30,32). The van der Waals surface area contributed by atoms with Crippen LogP contribution in [0.25, 0.3) is 11.1 Å². The zero-order valence-corrected chi connectivity index (χ0v) is 23.9. The second-order valence-corrected chi connectivity index (χ2v) is 13.5. The molecule has 11 heteroatoms. The number of hydrogen-bond acceptors (Lipinski definition) is 9. The van der Waals surface area contributed by atoms with Crippen LogP contribution in [0.15, 0.2) is 41.7 Å². The zero-order chi connectivity index (χ0) is 27.9.